The highest BCUT2D eigenvalue weighted by Crippen LogP contribution is 2.35. The molecule has 3 nitrogen and oxygen atoms in total. The van der Waals surface area contributed by atoms with Crippen LogP contribution in [0.3, 0.4) is 0 Å². The van der Waals surface area contributed by atoms with Crippen molar-refractivity contribution in [3.05, 3.63) is 29.3 Å². The molecule has 0 aromatic heterocycles. The van der Waals surface area contributed by atoms with Gasteiger partial charge in [0.25, 0.3) is 0 Å². The molecule has 3 heteroatoms. The van der Waals surface area contributed by atoms with Crippen molar-refractivity contribution in [3.63, 3.8) is 0 Å². The molecule has 1 heterocycles. The lowest BCUT2D eigenvalue weighted by atomic mass is 9.82. The standard InChI is InChI=1S/C16H26N2O/c1-16(2,3)12-6-7-14(19-5)13(8-12)15(17-4)11-9-18-10-11/h6-8,11,15,17-18H,9-10H2,1-5H3. The molecule has 1 aliphatic rings. The summed E-state index contributed by atoms with van der Waals surface area (Å²) in [4.78, 5) is 0. The normalized spacial score (nSPS) is 17.9. The van der Waals surface area contributed by atoms with E-state index in [1.54, 1.807) is 7.11 Å². The van der Waals surface area contributed by atoms with E-state index in [4.69, 9.17) is 4.74 Å². The second-order valence-electron chi connectivity index (χ2n) is 6.39. The van der Waals surface area contributed by atoms with Crippen molar-refractivity contribution in [2.75, 3.05) is 27.2 Å². The van der Waals surface area contributed by atoms with E-state index >= 15 is 0 Å². The fourth-order valence-electron chi connectivity index (χ4n) is 2.64. The molecule has 106 valence electrons. The van der Waals surface area contributed by atoms with Crippen LogP contribution >= 0.6 is 0 Å². The van der Waals surface area contributed by atoms with E-state index in [2.05, 4.69) is 49.6 Å². The fourth-order valence-corrected chi connectivity index (χ4v) is 2.64. The molecule has 19 heavy (non-hydrogen) atoms. The average Bonchev–Trinajstić information content (AvgIpc) is 2.31. The summed E-state index contributed by atoms with van der Waals surface area (Å²) in [5, 5.41) is 6.80. The van der Waals surface area contributed by atoms with E-state index < -0.39 is 0 Å². The van der Waals surface area contributed by atoms with Gasteiger partial charge < -0.3 is 15.4 Å². The first-order chi connectivity index (χ1) is 8.97. The average molecular weight is 262 g/mol. The van der Waals surface area contributed by atoms with Crippen molar-refractivity contribution in [2.45, 2.75) is 32.2 Å². The Bertz CT molecular complexity index is 433. The molecular weight excluding hydrogens is 236 g/mol. The van der Waals surface area contributed by atoms with Gasteiger partial charge in [-0.1, -0.05) is 26.8 Å². The Balaban J connectivity index is 2.39. The number of methoxy groups -OCH3 is 1. The summed E-state index contributed by atoms with van der Waals surface area (Å²) in [6, 6.07) is 6.94. The summed E-state index contributed by atoms with van der Waals surface area (Å²) in [5.74, 6) is 1.63. The van der Waals surface area contributed by atoms with Crippen LogP contribution in [0.15, 0.2) is 18.2 Å². The first-order valence-electron chi connectivity index (χ1n) is 7.03. The first-order valence-corrected chi connectivity index (χ1v) is 7.03. The minimum absolute atomic E-state index is 0.164. The highest BCUT2D eigenvalue weighted by atomic mass is 16.5. The highest BCUT2D eigenvalue weighted by Gasteiger charge is 2.30. The summed E-state index contributed by atoms with van der Waals surface area (Å²) in [5.41, 5.74) is 2.80. The lowest BCUT2D eigenvalue weighted by Gasteiger charge is -2.36. The third kappa shape index (κ3) is 2.93. The summed E-state index contributed by atoms with van der Waals surface area (Å²) in [6.45, 7) is 8.90. The molecule has 0 saturated carbocycles. The number of rotatable bonds is 4. The van der Waals surface area contributed by atoms with Gasteiger partial charge in [0.1, 0.15) is 5.75 Å². The van der Waals surface area contributed by atoms with Crippen molar-refractivity contribution in [3.8, 4) is 5.75 Å². The zero-order chi connectivity index (χ0) is 14.0. The van der Waals surface area contributed by atoms with Gasteiger partial charge in [0, 0.05) is 30.6 Å². The maximum Gasteiger partial charge on any atom is 0.123 e. The smallest absolute Gasteiger partial charge is 0.123 e. The molecule has 1 aromatic rings. The van der Waals surface area contributed by atoms with Crippen LogP contribution in [0.25, 0.3) is 0 Å². The second kappa shape index (κ2) is 5.51. The molecule has 0 radical (unpaired) electrons. The van der Waals surface area contributed by atoms with Gasteiger partial charge in [-0.15, -0.1) is 0 Å². The van der Waals surface area contributed by atoms with Gasteiger partial charge in [-0.25, -0.2) is 0 Å². The molecular formula is C16H26N2O. The predicted octanol–water partition coefficient (Wildman–Crippen LogP) is 2.47. The molecule has 1 atom stereocenters. The van der Waals surface area contributed by atoms with Crippen LogP contribution in [0.5, 0.6) is 5.75 Å². The number of ether oxygens (including phenoxy) is 1. The predicted molar refractivity (Wildman–Crippen MR) is 79.9 cm³/mol. The Morgan fingerprint density at radius 1 is 1.32 bits per heavy atom. The van der Waals surface area contributed by atoms with Crippen LogP contribution in [-0.2, 0) is 5.41 Å². The maximum absolute atomic E-state index is 5.55. The summed E-state index contributed by atoms with van der Waals surface area (Å²) < 4.78 is 5.55. The van der Waals surface area contributed by atoms with Crippen LogP contribution in [0.2, 0.25) is 0 Å². The SMILES string of the molecule is CNC(c1cc(C(C)(C)C)ccc1OC)C1CNC1. The van der Waals surface area contributed by atoms with E-state index in [-0.39, 0.29) is 5.41 Å². The van der Waals surface area contributed by atoms with Crippen molar-refractivity contribution in [2.24, 2.45) is 5.92 Å². The van der Waals surface area contributed by atoms with E-state index in [1.807, 2.05) is 7.05 Å². The van der Waals surface area contributed by atoms with E-state index in [9.17, 15) is 0 Å². The third-order valence-corrected chi connectivity index (χ3v) is 4.03. The molecule has 2 rings (SSSR count). The van der Waals surface area contributed by atoms with Crippen molar-refractivity contribution >= 4 is 0 Å². The van der Waals surface area contributed by atoms with Crippen molar-refractivity contribution in [1.29, 1.82) is 0 Å². The van der Waals surface area contributed by atoms with E-state index in [1.165, 1.54) is 11.1 Å². The second-order valence-corrected chi connectivity index (χ2v) is 6.39. The molecule has 1 fully saturated rings. The Hall–Kier alpha value is -1.06. The number of benzene rings is 1. The van der Waals surface area contributed by atoms with Gasteiger partial charge in [0.15, 0.2) is 0 Å². The van der Waals surface area contributed by atoms with Gasteiger partial charge in [-0.05, 0) is 30.2 Å². The molecule has 1 unspecified atom stereocenters. The monoisotopic (exact) mass is 262 g/mol. The van der Waals surface area contributed by atoms with Crippen molar-refractivity contribution in [1.82, 2.24) is 10.6 Å². The largest absolute Gasteiger partial charge is 0.496 e. The van der Waals surface area contributed by atoms with Crippen LogP contribution in [0.4, 0.5) is 0 Å². The van der Waals surface area contributed by atoms with Crippen molar-refractivity contribution < 1.29 is 4.74 Å². The zero-order valence-electron chi connectivity index (χ0n) is 12.7. The lowest BCUT2D eigenvalue weighted by molar-refractivity contribution is 0.262. The van der Waals surface area contributed by atoms with Crippen LogP contribution in [0, 0.1) is 5.92 Å². The van der Waals surface area contributed by atoms with Gasteiger partial charge in [0.05, 0.1) is 7.11 Å². The molecule has 0 amide bonds. The fraction of sp³-hybridized carbons (Fsp3) is 0.625. The van der Waals surface area contributed by atoms with Crippen LogP contribution in [-0.4, -0.2) is 27.2 Å². The minimum atomic E-state index is 0.164. The van der Waals surface area contributed by atoms with E-state index in [0.717, 1.165) is 18.8 Å². The molecule has 0 spiro atoms. The molecule has 1 aliphatic heterocycles. The lowest BCUT2D eigenvalue weighted by Crippen LogP contribution is -2.48. The molecule has 1 aromatic carbocycles. The van der Waals surface area contributed by atoms with Gasteiger partial charge in [-0.3, -0.25) is 0 Å². The Morgan fingerprint density at radius 3 is 2.42 bits per heavy atom. The number of hydrogen-bond acceptors (Lipinski definition) is 3. The Kier molecular flexibility index (Phi) is 4.16. The molecule has 0 aliphatic carbocycles. The quantitative estimate of drug-likeness (QED) is 0.874. The Morgan fingerprint density at radius 2 is 2.00 bits per heavy atom. The highest BCUT2D eigenvalue weighted by molar-refractivity contribution is 5.42. The summed E-state index contributed by atoms with van der Waals surface area (Å²) >= 11 is 0. The van der Waals surface area contributed by atoms with E-state index in [0.29, 0.717) is 12.0 Å². The first kappa shape index (κ1) is 14.4. The van der Waals surface area contributed by atoms with Crippen LogP contribution in [0.1, 0.15) is 37.9 Å². The zero-order valence-corrected chi connectivity index (χ0v) is 12.7. The van der Waals surface area contributed by atoms with Crippen LogP contribution < -0.4 is 15.4 Å². The molecule has 0 bridgehead atoms. The molecule has 2 N–H and O–H groups in total. The number of nitrogens with one attached hydrogen (secondary N) is 2. The minimum Gasteiger partial charge on any atom is -0.496 e. The van der Waals surface area contributed by atoms with Gasteiger partial charge in [-0.2, -0.15) is 0 Å². The maximum atomic E-state index is 5.55. The molecule has 1 saturated heterocycles. The summed E-state index contributed by atoms with van der Waals surface area (Å²) in [7, 11) is 3.79. The summed E-state index contributed by atoms with van der Waals surface area (Å²) in [6.07, 6.45) is 0. The topological polar surface area (TPSA) is 33.3 Å². The van der Waals surface area contributed by atoms with Gasteiger partial charge >= 0.3 is 0 Å². The Labute approximate surface area is 116 Å². The third-order valence-electron chi connectivity index (χ3n) is 4.03. The number of hydrogen-bond donors (Lipinski definition) is 2. The van der Waals surface area contributed by atoms with Gasteiger partial charge in [0.2, 0.25) is 0 Å².